The van der Waals surface area contributed by atoms with Gasteiger partial charge in [-0.05, 0) is 17.7 Å². The molecular formula is C21H20O8. The molecule has 0 N–H and O–H groups in total. The van der Waals surface area contributed by atoms with Gasteiger partial charge in [-0.3, -0.25) is 9.59 Å². The van der Waals surface area contributed by atoms with Gasteiger partial charge >= 0.3 is 5.97 Å². The molecule has 8 nitrogen and oxygen atoms in total. The fraction of sp³-hybridized carbons (Fsp3) is 0.333. The highest BCUT2D eigenvalue weighted by Gasteiger charge is 2.49. The molecule has 1 heterocycles. The monoisotopic (exact) mass is 400 g/mol. The zero-order valence-corrected chi connectivity index (χ0v) is 16.4. The predicted octanol–water partition coefficient (Wildman–Crippen LogP) is 2.56. The second kappa shape index (κ2) is 7.20. The van der Waals surface area contributed by atoms with E-state index >= 15 is 0 Å². The number of ketones is 1. The molecule has 1 aliphatic carbocycles. The van der Waals surface area contributed by atoms with Crippen molar-refractivity contribution < 1.29 is 38.0 Å². The summed E-state index contributed by atoms with van der Waals surface area (Å²) in [5.41, 5.74) is 1.56. The second-order valence-corrected chi connectivity index (χ2v) is 6.58. The fourth-order valence-electron chi connectivity index (χ4n) is 3.96. The molecule has 4 rings (SSSR count). The number of hydrogen-bond donors (Lipinski definition) is 0. The van der Waals surface area contributed by atoms with Crippen molar-refractivity contribution >= 4 is 11.8 Å². The molecule has 0 spiro atoms. The van der Waals surface area contributed by atoms with Crippen LogP contribution in [0.15, 0.2) is 24.3 Å². The van der Waals surface area contributed by atoms with E-state index in [4.69, 9.17) is 28.4 Å². The molecule has 0 aromatic heterocycles. The third kappa shape index (κ3) is 2.83. The molecule has 0 bridgehead atoms. The Morgan fingerprint density at radius 3 is 2.10 bits per heavy atom. The van der Waals surface area contributed by atoms with Crippen molar-refractivity contribution in [2.24, 2.45) is 5.92 Å². The first-order valence-electron chi connectivity index (χ1n) is 8.89. The third-order valence-corrected chi connectivity index (χ3v) is 5.28. The van der Waals surface area contributed by atoms with Gasteiger partial charge < -0.3 is 28.4 Å². The van der Waals surface area contributed by atoms with E-state index in [1.165, 1.54) is 28.4 Å². The topological polar surface area (TPSA) is 89.5 Å². The van der Waals surface area contributed by atoms with Gasteiger partial charge in [0.2, 0.25) is 6.79 Å². The summed E-state index contributed by atoms with van der Waals surface area (Å²) in [7, 11) is 5.79. The quantitative estimate of drug-likeness (QED) is 0.559. The minimum atomic E-state index is -1.09. The number of esters is 1. The van der Waals surface area contributed by atoms with Crippen LogP contribution in [0.2, 0.25) is 0 Å². The van der Waals surface area contributed by atoms with Gasteiger partial charge in [-0.2, -0.15) is 0 Å². The largest absolute Gasteiger partial charge is 0.496 e. The molecule has 8 heteroatoms. The van der Waals surface area contributed by atoms with Crippen LogP contribution >= 0.6 is 0 Å². The Labute approximate surface area is 167 Å². The predicted molar refractivity (Wildman–Crippen MR) is 100 cm³/mol. The van der Waals surface area contributed by atoms with Gasteiger partial charge in [-0.25, -0.2) is 0 Å². The van der Waals surface area contributed by atoms with E-state index < -0.39 is 17.8 Å². The normalized spacial score (nSPS) is 19.0. The molecule has 0 amide bonds. The van der Waals surface area contributed by atoms with Gasteiger partial charge in [0.25, 0.3) is 0 Å². The summed E-state index contributed by atoms with van der Waals surface area (Å²) in [6.45, 7) is 0.0761. The summed E-state index contributed by atoms with van der Waals surface area (Å²) in [4.78, 5) is 25.8. The molecule has 2 aromatic rings. The van der Waals surface area contributed by atoms with E-state index in [0.717, 1.165) is 0 Å². The van der Waals surface area contributed by atoms with Crippen molar-refractivity contribution in [2.75, 3.05) is 35.2 Å². The first kappa shape index (κ1) is 18.9. The summed E-state index contributed by atoms with van der Waals surface area (Å²) < 4.78 is 32.3. The highest BCUT2D eigenvalue weighted by atomic mass is 16.7. The number of rotatable bonds is 5. The Morgan fingerprint density at radius 1 is 0.931 bits per heavy atom. The number of ether oxygens (including phenoxy) is 6. The van der Waals surface area contributed by atoms with Crippen LogP contribution in [0.1, 0.15) is 27.4 Å². The van der Waals surface area contributed by atoms with Crippen molar-refractivity contribution in [1.29, 1.82) is 0 Å². The van der Waals surface area contributed by atoms with E-state index in [2.05, 4.69) is 0 Å². The molecule has 152 valence electrons. The lowest BCUT2D eigenvalue weighted by molar-refractivity contribution is -0.143. The first-order valence-corrected chi connectivity index (χ1v) is 8.89. The Balaban J connectivity index is 1.99. The maximum absolute atomic E-state index is 13.2. The summed E-state index contributed by atoms with van der Waals surface area (Å²) in [6.07, 6.45) is 0. The zero-order chi connectivity index (χ0) is 20.7. The minimum Gasteiger partial charge on any atom is -0.496 e. The smallest absolute Gasteiger partial charge is 0.317 e. The lowest BCUT2D eigenvalue weighted by Gasteiger charge is -2.23. The van der Waals surface area contributed by atoms with Gasteiger partial charge in [0.05, 0.1) is 28.4 Å². The number of carbonyl (C=O) groups excluding carboxylic acids is 2. The summed E-state index contributed by atoms with van der Waals surface area (Å²) in [5.74, 6) is -0.408. The zero-order valence-electron chi connectivity index (χ0n) is 16.4. The van der Waals surface area contributed by atoms with Crippen LogP contribution < -0.4 is 23.7 Å². The Bertz CT molecular complexity index is 971. The van der Waals surface area contributed by atoms with Crippen LogP contribution in [0.3, 0.4) is 0 Å². The van der Waals surface area contributed by atoms with Crippen molar-refractivity contribution in [3.63, 3.8) is 0 Å². The van der Waals surface area contributed by atoms with Crippen LogP contribution in [0.4, 0.5) is 0 Å². The Hall–Kier alpha value is -3.42. The fourth-order valence-corrected chi connectivity index (χ4v) is 3.96. The maximum Gasteiger partial charge on any atom is 0.317 e. The molecule has 0 saturated carbocycles. The second-order valence-electron chi connectivity index (χ2n) is 6.58. The number of hydrogen-bond acceptors (Lipinski definition) is 8. The van der Waals surface area contributed by atoms with E-state index in [-0.39, 0.29) is 12.6 Å². The third-order valence-electron chi connectivity index (χ3n) is 5.28. The minimum absolute atomic E-state index is 0.0761. The molecule has 2 atom stereocenters. The molecule has 2 aliphatic rings. The summed E-state index contributed by atoms with van der Waals surface area (Å²) >= 11 is 0. The number of methoxy groups -OCH3 is 4. The first-order chi connectivity index (χ1) is 14.0. The molecule has 0 fully saturated rings. The van der Waals surface area contributed by atoms with Crippen LogP contribution in [0.25, 0.3) is 0 Å². The number of fused-ring (bicyclic) bond motifs is 2. The van der Waals surface area contributed by atoms with E-state index in [0.29, 0.717) is 45.4 Å². The van der Waals surface area contributed by atoms with Crippen LogP contribution in [-0.4, -0.2) is 47.0 Å². The van der Waals surface area contributed by atoms with Crippen molar-refractivity contribution in [3.8, 4) is 28.7 Å². The molecule has 0 saturated heterocycles. The van der Waals surface area contributed by atoms with E-state index in [9.17, 15) is 9.59 Å². The van der Waals surface area contributed by atoms with Crippen molar-refractivity contribution in [2.45, 2.75) is 5.92 Å². The number of carbonyl (C=O) groups is 2. The van der Waals surface area contributed by atoms with Gasteiger partial charge in [-0.15, -0.1) is 0 Å². The van der Waals surface area contributed by atoms with E-state index in [1.807, 2.05) is 0 Å². The average Bonchev–Trinajstić information content (AvgIpc) is 3.32. The SMILES string of the molecule is COC(=O)[C@H]1C(=O)c2cc3c(cc2[C@@H]1c1c(OC)cc(OC)cc1OC)OCO3. The molecule has 2 aromatic carbocycles. The van der Waals surface area contributed by atoms with Gasteiger partial charge in [0, 0.05) is 29.2 Å². The highest BCUT2D eigenvalue weighted by Crippen LogP contribution is 2.52. The average molecular weight is 400 g/mol. The van der Waals surface area contributed by atoms with Crippen LogP contribution in [0, 0.1) is 5.92 Å². The maximum atomic E-state index is 13.2. The number of benzene rings is 2. The van der Waals surface area contributed by atoms with Crippen LogP contribution in [-0.2, 0) is 9.53 Å². The van der Waals surface area contributed by atoms with Gasteiger partial charge in [-0.1, -0.05) is 0 Å². The Kier molecular flexibility index (Phi) is 4.70. The molecule has 0 unspecified atom stereocenters. The lowest BCUT2D eigenvalue weighted by atomic mass is 9.84. The Morgan fingerprint density at radius 2 is 1.55 bits per heavy atom. The summed E-state index contributed by atoms with van der Waals surface area (Å²) in [6, 6.07) is 6.70. The van der Waals surface area contributed by atoms with Crippen molar-refractivity contribution in [1.82, 2.24) is 0 Å². The van der Waals surface area contributed by atoms with Gasteiger partial charge in [0.1, 0.15) is 23.2 Å². The van der Waals surface area contributed by atoms with Crippen LogP contribution in [0.5, 0.6) is 28.7 Å². The number of Topliss-reactive ketones (excluding diaryl/α,β-unsaturated/α-hetero) is 1. The highest BCUT2D eigenvalue weighted by molar-refractivity contribution is 6.14. The van der Waals surface area contributed by atoms with Crippen molar-refractivity contribution in [3.05, 3.63) is 41.0 Å². The molecular weight excluding hydrogens is 380 g/mol. The van der Waals surface area contributed by atoms with Gasteiger partial charge in [0.15, 0.2) is 17.3 Å². The van der Waals surface area contributed by atoms with E-state index in [1.54, 1.807) is 24.3 Å². The standard InChI is InChI=1S/C21H20O8/c1-24-10-5-15(25-2)18(16(6-10)26-3)17-11-7-13-14(29-9-28-13)8-12(11)20(22)19(17)21(23)27-4/h5-8,17,19H,9H2,1-4H3/t17-,19-/m1/s1. The molecule has 29 heavy (non-hydrogen) atoms. The molecule has 1 aliphatic heterocycles. The molecule has 0 radical (unpaired) electrons. The summed E-state index contributed by atoms with van der Waals surface area (Å²) in [5, 5.41) is 0. The lowest BCUT2D eigenvalue weighted by Crippen LogP contribution is -2.26.